The molecule has 0 amide bonds. The summed E-state index contributed by atoms with van der Waals surface area (Å²) in [5.41, 5.74) is 0.162. The van der Waals surface area contributed by atoms with Crippen LogP contribution in [0.15, 0.2) is 36.4 Å². The summed E-state index contributed by atoms with van der Waals surface area (Å²) in [7, 11) is 1.33. The van der Waals surface area contributed by atoms with Crippen LogP contribution in [0.5, 0.6) is 5.75 Å². The molecule has 0 aromatic heterocycles. The van der Waals surface area contributed by atoms with Gasteiger partial charge in [0, 0.05) is 16.1 Å². The van der Waals surface area contributed by atoms with Crippen LogP contribution in [0, 0.1) is 11.6 Å². The van der Waals surface area contributed by atoms with Crippen molar-refractivity contribution in [1.82, 2.24) is 0 Å². The number of hydrogen-bond acceptors (Lipinski definition) is 2. The van der Waals surface area contributed by atoms with E-state index in [0.29, 0.717) is 0 Å². The molecule has 2 aromatic carbocycles. The number of benzene rings is 2. The van der Waals surface area contributed by atoms with Crippen LogP contribution in [0.2, 0.25) is 5.02 Å². The molecule has 2 nitrogen and oxygen atoms in total. The largest absolute Gasteiger partial charge is 0.494 e. The molecular weight excluding hydrogens is 274 g/mol. The first-order chi connectivity index (χ1) is 9.01. The van der Waals surface area contributed by atoms with Crippen LogP contribution in [0.3, 0.4) is 0 Å². The third-order valence-corrected chi connectivity index (χ3v) is 2.76. The van der Waals surface area contributed by atoms with Crippen LogP contribution in [-0.2, 0) is 0 Å². The summed E-state index contributed by atoms with van der Waals surface area (Å²) < 4.78 is 31.4. The molecular formula is C14H9ClF2O2. The van der Waals surface area contributed by atoms with Gasteiger partial charge < -0.3 is 4.74 Å². The monoisotopic (exact) mass is 282 g/mol. The Morgan fingerprint density at radius 3 is 2.42 bits per heavy atom. The predicted molar refractivity (Wildman–Crippen MR) is 67.8 cm³/mol. The molecule has 19 heavy (non-hydrogen) atoms. The van der Waals surface area contributed by atoms with E-state index in [2.05, 4.69) is 0 Å². The van der Waals surface area contributed by atoms with Crippen molar-refractivity contribution in [2.24, 2.45) is 0 Å². The maximum absolute atomic E-state index is 13.5. The molecule has 0 spiro atoms. The van der Waals surface area contributed by atoms with Crippen molar-refractivity contribution in [2.75, 3.05) is 7.11 Å². The Balaban J connectivity index is 2.41. The highest BCUT2D eigenvalue weighted by atomic mass is 35.5. The number of carbonyl (C=O) groups excluding carboxylic acids is 1. The highest BCUT2D eigenvalue weighted by Gasteiger charge is 2.13. The van der Waals surface area contributed by atoms with E-state index in [1.54, 1.807) is 0 Å². The van der Waals surface area contributed by atoms with Gasteiger partial charge in [-0.3, -0.25) is 4.79 Å². The highest BCUT2D eigenvalue weighted by molar-refractivity contribution is 6.31. The van der Waals surface area contributed by atoms with Gasteiger partial charge in [-0.15, -0.1) is 0 Å². The summed E-state index contributed by atoms with van der Waals surface area (Å²) in [6, 6.07) is 7.25. The normalized spacial score (nSPS) is 10.3. The molecule has 0 aliphatic carbocycles. The van der Waals surface area contributed by atoms with Crippen molar-refractivity contribution in [1.29, 1.82) is 0 Å². The number of rotatable bonds is 3. The fraction of sp³-hybridized carbons (Fsp3) is 0.0714. The fourth-order valence-electron chi connectivity index (χ4n) is 1.66. The maximum Gasteiger partial charge on any atom is 0.193 e. The van der Waals surface area contributed by atoms with Gasteiger partial charge in [-0.2, -0.15) is 0 Å². The van der Waals surface area contributed by atoms with Gasteiger partial charge in [-0.1, -0.05) is 11.6 Å². The van der Waals surface area contributed by atoms with E-state index in [1.165, 1.54) is 25.3 Å². The van der Waals surface area contributed by atoms with Crippen molar-refractivity contribution in [3.05, 3.63) is 64.2 Å². The Bertz CT molecular complexity index is 621. The second kappa shape index (κ2) is 5.36. The predicted octanol–water partition coefficient (Wildman–Crippen LogP) is 3.86. The SMILES string of the molecule is COc1ccc(C(=O)c2cc(F)cc(Cl)c2)cc1F. The Labute approximate surface area is 113 Å². The van der Waals surface area contributed by atoms with E-state index >= 15 is 0 Å². The Kier molecular flexibility index (Phi) is 3.81. The Hall–Kier alpha value is -1.94. The molecule has 5 heteroatoms. The first-order valence-electron chi connectivity index (χ1n) is 5.35. The standard InChI is InChI=1S/C14H9ClF2O2/c1-19-13-3-2-8(6-12(13)17)14(18)9-4-10(15)7-11(16)5-9/h2-7H,1H3. The molecule has 0 saturated heterocycles. The fourth-order valence-corrected chi connectivity index (χ4v) is 1.88. The minimum atomic E-state index is -0.657. The van der Waals surface area contributed by atoms with E-state index < -0.39 is 17.4 Å². The van der Waals surface area contributed by atoms with Gasteiger partial charge in [0.05, 0.1) is 7.11 Å². The lowest BCUT2D eigenvalue weighted by Gasteiger charge is -2.05. The van der Waals surface area contributed by atoms with E-state index in [4.69, 9.17) is 16.3 Å². The molecule has 2 rings (SSSR count). The maximum atomic E-state index is 13.5. The number of methoxy groups -OCH3 is 1. The van der Waals surface area contributed by atoms with Gasteiger partial charge in [0.1, 0.15) is 5.82 Å². The average Bonchev–Trinajstić information content (AvgIpc) is 2.36. The number of ether oxygens (including phenoxy) is 1. The number of halogens is 3. The molecule has 2 aromatic rings. The van der Waals surface area contributed by atoms with Crippen molar-refractivity contribution >= 4 is 17.4 Å². The van der Waals surface area contributed by atoms with Crippen LogP contribution in [0.25, 0.3) is 0 Å². The molecule has 0 radical (unpaired) electrons. The zero-order valence-electron chi connectivity index (χ0n) is 9.91. The zero-order chi connectivity index (χ0) is 14.0. The summed E-state index contributed by atoms with van der Waals surface area (Å²) in [4.78, 5) is 12.1. The van der Waals surface area contributed by atoms with Gasteiger partial charge in [0.15, 0.2) is 17.3 Å². The topological polar surface area (TPSA) is 26.3 Å². The molecule has 0 fully saturated rings. The quantitative estimate of drug-likeness (QED) is 0.799. The second-order valence-electron chi connectivity index (χ2n) is 3.84. The van der Waals surface area contributed by atoms with Crippen LogP contribution >= 0.6 is 11.6 Å². The number of hydrogen-bond donors (Lipinski definition) is 0. The van der Waals surface area contributed by atoms with Gasteiger partial charge >= 0.3 is 0 Å². The minimum Gasteiger partial charge on any atom is -0.494 e. The molecule has 0 atom stereocenters. The van der Waals surface area contributed by atoms with Crippen LogP contribution in [-0.4, -0.2) is 12.9 Å². The molecule has 0 heterocycles. The Morgan fingerprint density at radius 2 is 1.84 bits per heavy atom. The van der Waals surface area contributed by atoms with Gasteiger partial charge in [-0.05, 0) is 36.4 Å². The van der Waals surface area contributed by atoms with Gasteiger partial charge in [0.2, 0.25) is 0 Å². The minimum absolute atomic E-state index is 0.0359. The smallest absolute Gasteiger partial charge is 0.193 e. The molecule has 98 valence electrons. The summed E-state index contributed by atoms with van der Waals surface area (Å²) in [6.07, 6.45) is 0. The highest BCUT2D eigenvalue weighted by Crippen LogP contribution is 2.21. The summed E-state index contributed by atoms with van der Waals surface area (Å²) in [5.74, 6) is -1.75. The van der Waals surface area contributed by atoms with E-state index in [9.17, 15) is 13.6 Å². The summed E-state index contributed by atoms with van der Waals surface area (Å²) >= 11 is 5.67. The molecule has 0 aliphatic rings. The van der Waals surface area contributed by atoms with Crippen LogP contribution < -0.4 is 4.74 Å². The summed E-state index contributed by atoms with van der Waals surface area (Å²) in [5, 5.41) is 0.109. The lowest BCUT2D eigenvalue weighted by atomic mass is 10.0. The van der Waals surface area contributed by atoms with Crippen molar-refractivity contribution in [3.63, 3.8) is 0 Å². The Morgan fingerprint density at radius 1 is 1.11 bits per heavy atom. The first-order valence-corrected chi connectivity index (χ1v) is 5.73. The van der Waals surface area contributed by atoms with E-state index in [-0.39, 0.29) is 21.9 Å². The molecule has 0 aliphatic heterocycles. The van der Waals surface area contributed by atoms with Crippen molar-refractivity contribution < 1.29 is 18.3 Å². The summed E-state index contributed by atoms with van der Waals surface area (Å²) in [6.45, 7) is 0. The third-order valence-electron chi connectivity index (χ3n) is 2.54. The van der Waals surface area contributed by atoms with Crippen molar-refractivity contribution in [2.45, 2.75) is 0 Å². The average molecular weight is 283 g/mol. The third kappa shape index (κ3) is 2.90. The lowest BCUT2D eigenvalue weighted by molar-refractivity contribution is 0.103. The van der Waals surface area contributed by atoms with Crippen molar-refractivity contribution in [3.8, 4) is 5.75 Å². The number of carbonyl (C=O) groups is 1. The first kappa shape index (κ1) is 13.5. The second-order valence-corrected chi connectivity index (χ2v) is 4.27. The molecule has 0 N–H and O–H groups in total. The lowest BCUT2D eigenvalue weighted by Crippen LogP contribution is -2.03. The van der Waals surface area contributed by atoms with Crippen LogP contribution in [0.1, 0.15) is 15.9 Å². The van der Waals surface area contributed by atoms with Gasteiger partial charge in [0.25, 0.3) is 0 Å². The van der Waals surface area contributed by atoms with Crippen LogP contribution in [0.4, 0.5) is 8.78 Å². The molecule has 0 bridgehead atoms. The molecule has 0 saturated carbocycles. The number of ketones is 1. The van der Waals surface area contributed by atoms with Gasteiger partial charge in [-0.25, -0.2) is 8.78 Å². The van der Waals surface area contributed by atoms with E-state index in [0.717, 1.165) is 18.2 Å². The van der Waals surface area contributed by atoms with E-state index in [1.807, 2.05) is 0 Å². The molecule has 0 unspecified atom stereocenters. The zero-order valence-corrected chi connectivity index (χ0v) is 10.7.